The van der Waals surface area contributed by atoms with Crippen molar-refractivity contribution in [2.24, 2.45) is 17.0 Å². The van der Waals surface area contributed by atoms with Crippen LogP contribution in [-0.4, -0.2) is 15.5 Å². The van der Waals surface area contributed by atoms with Gasteiger partial charge in [0.1, 0.15) is 5.82 Å². The molecule has 5 nitrogen and oxygen atoms in total. The summed E-state index contributed by atoms with van der Waals surface area (Å²) in [6.07, 6.45) is 3.44. The molecule has 2 aromatic rings. The van der Waals surface area contributed by atoms with Gasteiger partial charge in [-0.25, -0.2) is 9.98 Å². The number of imidazole rings is 1. The van der Waals surface area contributed by atoms with Gasteiger partial charge >= 0.3 is 0 Å². The van der Waals surface area contributed by atoms with Gasteiger partial charge in [0.25, 0.3) is 5.91 Å². The molecule has 0 radical (unpaired) electrons. The van der Waals surface area contributed by atoms with E-state index in [4.69, 9.17) is 0 Å². The summed E-state index contributed by atoms with van der Waals surface area (Å²) in [5.41, 5.74) is 0. The number of aryl methyl sites for hydroxylation is 1. The van der Waals surface area contributed by atoms with Crippen molar-refractivity contribution in [3.05, 3.63) is 53.2 Å². The molecule has 2 heterocycles. The smallest absolute Gasteiger partial charge is 0.278 e. The first kappa shape index (κ1) is 9.89. The van der Waals surface area contributed by atoms with E-state index in [0.717, 1.165) is 5.36 Å². The van der Waals surface area contributed by atoms with E-state index in [1.54, 1.807) is 23.0 Å². The van der Waals surface area contributed by atoms with E-state index in [1.165, 1.54) is 0 Å². The number of amides is 1. The predicted molar refractivity (Wildman–Crippen MR) is 59.7 cm³/mol. The summed E-state index contributed by atoms with van der Waals surface area (Å²) in [5, 5.41) is 1.36. The van der Waals surface area contributed by atoms with Crippen molar-refractivity contribution in [2.75, 3.05) is 0 Å². The van der Waals surface area contributed by atoms with Crippen molar-refractivity contribution in [2.45, 2.75) is 6.04 Å². The molecule has 0 saturated carbocycles. The zero-order valence-electron chi connectivity index (χ0n) is 9.24. The third kappa shape index (κ3) is 1.56. The lowest BCUT2D eigenvalue weighted by molar-refractivity contribution is -0.119. The normalized spacial score (nSPS) is 18.2. The lowest BCUT2D eigenvalue weighted by Crippen LogP contribution is -2.33. The van der Waals surface area contributed by atoms with Crippen LogP contribution in [0.5, 0.6) is 0 Å². The number of fused-ring (bicyclic) bond motifs is 1. The summed E-state index contributed by atoms with van der Waals surface area (Å²) in [5.74, 6) is 0.353. The molecule has 0 N–H and O–H groups in total. The summed E-state index contributed by atoms with van der Waals surface area (Å²) < 4.78 is 1.79. The molecule has 1 unspecified atom stereocenters. The van der Waals surface area contributed by atoms with E-state index < -0.39 is 6.04 Å². The van der Waals surface area contributed by atoms with Crippen LogP contribution in [0.3, 0.4) is 0 Å². The van der Waals surface area contributed by atoms with Gasteiger partial charge in [-0.2, -0.15) is 0 Å². The summed E-state index contributed by atoms with van der Waals surface area (Å²) in [6.45, 7) is 0. The molecule has 3 rings (SSSR count). The monoisotopic (exact) mass is 226 g/mol. The van der Waals surface area contributed by atoms with Crippen LogP contribution in [0.25, 0.3) is 0 Å². The van der Waals surface area contributed by atoms with Gasteiger partial charge in [-0.3, -0.25) is 9.79 Å². The second-order valence-electron chi connectivity index (χ2n) is 3.87. The van der Waals surface area contributed by atoms with Gasteiger partial charge in [0, 0.05) is 19.4 Å². The van der Waals surface area contributed by atoms with Gasteiger partial charge in [0.2, 0.25) is 0 Å². The van der Waals surface area contributed by atoms with Crippen LogP contribution in [-0.2, 0) is 11.8 Å². The number of para-hydroxylation sites is 2. The van der Waals surface area contributed by atoms with Crippen LogP contribution in [0.1, 0.15) is 11.9 Å². The van der Waals surface area contributed by atoms with Crippen molar-refractivity contribution in [3.63, 3.8) is 0 Å². The minimum atomic E-state index is -0.620. The Balaban J connectivity index is 2.20. The SMILES string of the molecule is Cn1ccnc1C1N=c2ccccc2=NC1=O. The Morgan fingerprint density at radius 3 is 2.71 bits per heavy atom. The predicted octanol–water partition coefficient (Wildman–Crippen LogP) is -0.0592. The van der Waals surface area contributed by atoms with Crippen LogP contribution in [0, 0.1) is 0 Å². The summed E-state index contributed by atoms with van der Waals surface area (Å²) in [7, 11) is 1.84. The summed E-state index contributed by atoms with van der Waals surface area (Å²) in [4.78, 5) is 24.5. The third-order valence-electron chi connectivity index (χ3n) is 2.72. The van der Waals surface area contributed by atoms with Gasteiger partial charge in [0.05, 0.1) is 10.7 Å². The number of carbonyl (C=O) groups excluding carboxylic acids is 1. The Hall–Kier alpha value is -2.30. The maximum absolute atomic E-state index is 11.9. The quantitative estimate of drug-likeness (QED) is 0.684. The molecule has 1 aliphatic heterocycles. The van der Waals surface area contributed by atoms with Crippen LogP contribution in [0.4, 0.5) is 0 Å². The average molecular weight is 226 g/mol. The first-order chi connectivity index (χ1) is 8.25. The highest BCUT2D eigenvalue weighted by Gasteiger charge is 2.24. The molecule has 5 heteroatoms. The van der Waals surface area contributed by atoms with Gasteiger partial charge in [-0.15, -0.1) is 0 Å². The second kappa shape index (κ2) is 3.62. The maximum atomic E-state index is 11.9. The minimum Gasteiger partial charge on any atom is -0.336 e. The Morgan fingerprint density at radius 2 is 2.00 bits per heavy atom. The topological polar surface area (TPSA) is 59.6 Å². The molecular formula is C12H10N4O. The first-order valence-corrected chi connectivity index (χ1v) is 5.28. The zero-order valence-corrected chi connectivity index (χ0v) is 9.24. The number of hydrogen-bond donors (Lipinski definition) is 0. The molecule has 1 atom stereocenters. The molecule has 1 amide bonds. The van der Waals surface area contributed by atoms with Crippen molar-refractivity contribution in [3.8, 4) is 0 Å². The number of aromatic nitrogens is 2. The van der Waals surface area contributed by atoms with Crippen molar-refractivity contribution in [1.82, 2.24) is 9.55 Å². The Kier molecular flexibility index (Phi) is 2.11. The Labute approximate surface area is 97.2 Å². The zero-order chi connectivity index (χ0) is 11.8. The van der Waals surface area contributed by atoms with Gasteiger partial charge in [-0.1, -0.05) is 12.1 Å². The molecule has 0 saturated heterocycles. The minimum absolute atomic E-state index is 0.266. The molecule has 84 valence electrons. The molecule has 1 aliphatic rings. The lowest BCUT2D eigenvalue weighted by atomic mass is 10.2. The Bertz CT molecular complexity index is 701. The molecule has 1 aromatic heterocycles. The first-order valence-electron chi connectivity index (χ1n) is 5.28. The molecule has 0 fully saturated rings. The fraction of sp³-hybridized carbons (Fsp3) is 0.167. The number of rotatable bonds is 1. The lowest BCUT2D eigenvalue weighted by Gasteiger charge is -2.11. The van der Waals surface area contributed by atoms with Gasteiger partial charge < -0.3 is 4.57 Å². The van der Waals surface area contributed by atoms with E-state index in [9.17, 15) is 4.79 Å². The standard InChI is InChI=1S/C12H10N4O/c1-16-7-6-13-11(16)10-12(17)15-9-5-3-2-4-8(9)14-10/h2-7,10H,1H3. The number of carbonyl (C=O) groups is 1. The third-order valence-corrected chi connectivity index (χ3v) is 2.72. The number of hydrogen-bond acceptors (Lipinski definition) is 3. The number of nitrogens with zero attached hydrogens (tertiary/aromatic N) is 4. The summed E-state index contributed by atoms with van der Waals surface area (Å²) in [6, 6.07) is 6.73. The van der Waals surface area contributed by atoms with E-state index in [1.807, 2.05) is 25.2 Å². The molecule has 0 bridgehead atoms. The largest absolute Gasteiger partial charge is 0.336 e. The molecular weight excluding hydrogens is 216 g/mol. The van der Waals surface area contributed by atoms with Crippen LogP contribution in [0.15, 0.2) is 46.6 Å². The van der Waals surface area contributed by atoms with Crippen LogP contribution >= 0.6 is 0 Å². The van der Waals surface area contributed by atoms with Crippen molar-refractivity contribution in [1.29, 1.82) is 0 Å². The number of benzene rings is 1. The fourth-order valence-electron chi connectivity index (χ4n) is 1.85. The van der Waals surface area contributed by atoms with Crippen molar-refractivity contribution < 1.29 is 4.79 Å². The highest BCUT2D eigenvalue weighted by molar-refractivity contribution is 5.83. The van der Waals surface area contributed by atoms with E-state index >= 15 is 0 Å². The van der Waals surface area contributed by atoms with Crippen LogP contribution in [0.2, 0.25) is 0 Å². The highest BCUT2D eigenvalue weighted by Crippen LogP contribution is 2.16. The molecule has 17 heavy (non-hydrogen) atoms. The maximum Gasteiger partial charge on any atom is 0.278 e. The Morgan fingerprint density at radius 1 is 1.24 bits per heavy atom. The van der Waals surface area contributed by atoms with E-state index in [2.05, 4.69) is 15.0 Å². The van der Waals surface area contributed by atoms with Gasteiger partial charge in [0.15, 0.2) is 6.04 Å². The van der Waals surface area contributed by atoms with Crippen LogP contribution < -0.4 is 10.7 Å². The van der Waals surface area contributed by atoms with E-state index in [0.29, 0.717) is 11.2 Å². The molecule has 0 aliphatic carbocycles. The molecule has 0 spiro atoms. The summed E-state index contributed by atoms with van der Waals surface area (Å²) >= 11 is 0. The second-order valence-corrected chi connectivity index (χ2v) is 3.87. The average Bonchev–Trinajstić information content (AvgIpc) is 2.74. The highest BCUT2D eigenvalue weighted by atomic mass is 16.1. The van der Waals surface area contributed by atoms with E-state index in [-0.39, 0.29) is 5.91 Å². The van der Waals surface area contributed by atoms with Gasteiger partial charge in [-0.05, 0) is 12.1 Å². The fourth-order valence-corrected chi connectivity index (χ4v) is 1.85. The molecule has 1 aromatic carbocycles. The van der Waals surface area contributed by atoms with Crippen molar-refractivity contribution >= 4 is 5.91 Å².